The number of hydrogen-bond donors (Lipinski definition) is 1. The molecule has 0 fully saturated rings. The van der Waals surface area contributed by atoms with Crippen LogP contribution in [0.2, 0.25) is 0 Å². The van der Waals surface area contributed by atoms with Gasteiger partial charge in [-0.25, -0.2) is 0 Å². The molecule has 8 heteroatoms. The minimum absolute atomic E-state index is 0.213. The van der Waals surface area contributed by atoms with Gasteiger partial charge in [-0.2, -0.15) is 0 Å². The fraction of sp³-hybridized carbons (Fsp3) is 0.200. The fourth-order valence-electron chi connectivity index (χ4n) is 2.86. The largest absolute Gasteiger partial charge is 0.489 e. The van der Waals surface area contributed by atoms with Crippen LogP contribution in [0.5, 0.6) is 5.75 Å². The summed E-state index contributed by atoms with van der Waals surface area (Å²) in [6, 6.07) is 12.7. The van der Waals surface area contributed by atoms with Crippen molar-refractivity contribution in [3.63, 3.8) is 0 Å². The van der Waals surface area contributed by atoms with E-state index in [0.717, 1.165) is 22.7 Å². The van der Waals surface area contributed by atoms with E-state index in [1.807, 2.05) is 42.6 Å². The second-order valence-corrected chi connectivity index (χ2v) is 6.35. The molecule has 0 saturated carbocycles. The number of carbonyl (C=O) groups is 1. The number of pyridine rings is 1. The molecule has 1 aromatic carbocycles. The Hall–Kier alpha value is -3.68. The molecule has 142 valence electrons. The lowest BCUT2D eigenvalue weighted by molar-refractivity contribution is 0.0949. The van der Waals surface area contributed by atoms with Crippen LogP contribution in [0.15, 0.2) is 53.2 Å². The molecule has 0 spiro atoms. The number of nitrogens with zero attached hydrogens (tertiary/aromatic N) is 4. The Morgan fingerprint density at radius 2 is 2.07 bits per heavy atom. The first-order valence-electron chi connectivity index (χ1n) is 8.83. The van der Waals surface area contributed by atoms with Gasteiger partial charge in [0.15, 0.2) is 11.5 Å². The van der Waals surface area contributed by atoms with Gasteiger partial charge >= 0.3 is 0 Å². The Balaban J connectivity index is 1.41. The Bertz CT molecular complexity index is 1110. The molecule has 0 aliphatic carbocycles. The van der Waals surface area contributed by atoms with Crippen LogP contribution in [0, 0.1) is 13.8 Å². The van der Waals surface area contributed by atoms with E-state index in [1.54, 1.807) is 24.3 Å². The maximum Gasteiger partial charge on any atom is 0.251 e. The average molecular weight is 377 g/mol. The van der Waals surface area contributed by atoms with Gasteiger partial charge in [0, 0.05) is 11.8 Å². The standard InChI is InChI=1S/C20H19N5O3/c1-13-17(14(2)28-24-13)12-27-16-7-5-6-15(10-16)20(26)21-11-19-23-22-18-8-3-4-9-25(18)19/h3-10H,11-12H2,1-2H3,(H,21,26). The van der Waals surface area contributed by atoms with Crippen molar-refractivity contribution >= 4 is 11.6 Å². The third-order valence-corrected chi connectivity index (χ3v) is 4.45. The molecule has 0 aliphatic rings. The van der Waals surface area contributed by atoms with Crippen molar-refractivity contribution in [2.75, 3.05) is 0 Å². The zero-order valence-electron chi connectivity index (χ0n) is 15.5. The van der Waals surface area contributed by atoms with Crippen molar-refractivity contribution in [1.82, 2.24) is 25.1 Å². The fourth-order valence-corrected chi connectivity index (χ4v) is 2.86. The number of nitrogens with one attached hydrogen (secondary N) is 1. The van der Waals surface area contributed by atoms with Crippen LogP contribution in [0.4, 0.5) is 0 Å². The first kappa shape index (κ1) is 17.7. The lowest BCUT2D eigenvalue weighted by Crippen LogP contribution is -2.24. The zero-order chi connectivity index (χ0) is 19.5. The summed E-state index contributed by atoms with van der Waals surface area (Å²) < 4.78 is 12.8. The van der Waals surface area contributed by atoms with Crippen LogP contribution in [0.25, 0.3) is 5.65 Å². The van der Waals surface area contributed by atoms with E-state index in [0.29, 0.717) is 23.7 Å². The van der Waals surface area contributed by atoms with E-state index in [9.17, 15) is 4.79 Å². The minimum Gasteiger partial charge on any atom is -0.489 e. The topological polar surface area (TPSA) is 94.5 Å². The molecule has 28 heavy (non-hydrogen) atoms. The SMILES string of the molecule is Cc1noc(C)c1COc1cccc(C(=O)NCc2nnc3ccccn23)c1. The summed E-state index contributed by atoms with van der Waals surface area (Å²) in [5.74, 6) is 1.78. The number of aryl methyl sites for hydroxylation is 2. The zero-order valence-corrected chi connectivity index (χ0v) is 15.5. The van der Waals surface area contributed by atoms with Crippen LogP contribution >= 0.6 is 0 Å². The summed E-state index contributed by atoms with van der Waals surface area (Å²) in [5.41, 5.74) is 2.95. The predicted molar refractivity (Wildman–Crippen MR) is 101 cm³/mol. The highest BCUT2D eigenvalue weighted by atomic mass is 16.5. The molecular weight excluding hydrogens is 358 g/mol. The van der Waals surface area contributed by atoms with E-state index in [4.69, 9.17) is 9.26 Å². The summed E-state index contributed by atoms with van der Waals surface area (Å²) >= 11 is 0. The number of benzene rings is 1. The van der Waals surface area contributed by atoms with Crippen molar-refractivity contribution in [3.8, 4) is 5.75 Å². The van der Waals surface area contributed by atoms with E-state index in [-0.39, 0.29) is 12.5 Å². The van der Waals surface area contributed by atoms with E-state index >= 15 is 0 Å². The minimum atomic E-state index is -0.213. The summed E-state index contributed by atoms with van der Waals surface area (Å²) in [4.78, 5) is 12.5. The molecule has 3 aromatic heterocycles. The highest BCUT2D eigenvalue weighted by Crippen LogP contribution is 2.18. The van der Waals surface area contributed by atoms with Crippen molar-refractivity contribution < 1.29 is 14.1 Å². The van der Waals surface area contributed by atoms with Gasteiger partial charge in [-0.3, -0.25) is 9.20 Å². The lowest BCUT2D eigenvalue weighted by atomic mass is 10.2. The Labute approximate surface area is 161 Å². The Morgan fingerprint density at radius 1 is 1.18 bits per heavy atom. The molecule has 4 aromatic rings. The number of aromatic nitrogens is 4. The quantitative estimate of drug-likeness (QED) is 0.555. The molecule has 0 bridgehead atoms. The van der Waals surface area contributed by atoms with E-state index < -0.39 is 0 Å². The van der Waals surface area contributed by atoms with Crippen molar-refractivity contribution in [3.05, 3.63) is 77.1 Å². The van der Waals surface area contributed by atoms with Crippen LogP contribution in [-0.2, 0) is 13.2 Å². The number of ether oxygens (including phenoxy) is 1. The van der Waals surface area contributed by atoms with Gasteiger partial charge in [0.1, 0.15) is 18.1 Å². The highest BCUT2D eigenvalue weighted by Gasteiger charge is 2.12. The first-order valence-corrected chi connectivity index (χ1v) is 8.83. The van der Waals surface area contributed by atoms with Gasteiger partial charge in [0.05, 0.1) is 17.8 Å². The van der Waals surface area contributed by atoms with Gasteiger partial charge < -0.3 is 14.6 Å². The van der Waals surface area contributed by atoms with E-state index in [2.05, 4.69) is 20.7 Å². The summed E-state index contributed by atoms with van der Waals surface area (Å²) in [5, 5.41) is 15.0. The number of hydrogen-bond acceptors (Lipinski definition) is 6. The summed E-state index contributed by atoms with van der Waals surface area (Å²) in [6.45, 7) is 4.32. The Morgan fingerprint density at radius 3 is 2.89 bits per heavy atom. The van der Waals surface area contributed by atoms with Crippen molar-refractivity contribution in [2.45, 2.75) is 27.0 Å². The molecule has 1 amide bonds. The second kappa shape index (κ2) is 7.51. The second-order valence-electron chi connectivity index (χ2n) is 6.35. The third kappa shape index (κ3) is 3.57. The Kier molecular flexibility index (Phi) is 4.76. The smallest absolute Gasteiger partial charge is 0.251 e. The maximum absolute atomic E-state index is 12.5. The molecule has 8 nitrogen and oxygen atoms in total. The summed E-state index contributed by atoms with van der Waals surface area (Å²) in [6.07, 6.45) is 1.86. The van der Waals surface area contributed by atoms with Gasteiger partial charge in [-0.15, -0.1) is 10.2 Å². The monoisotopic (exact) mass is 377 g/mol. The van der Waals surface area contributed by atoms with Gasteiger partial charge in [-0.1, -0.05) is 17.3 Å². The number of rotatable bonds is 6. The molecule has 0 atom stereocenters. The molecule has 0 unspecified atom stereocenters. The summed E-state index contributed by atoms with van der Waals surface area (Å²) in [7, 11) is 0. The van der Waals surface area contributed by atoms with Crippen LogP contribution in [0.1, 0.15) is 33.2 Å². The number of amides is 1. The van der Waals surface area contributed by atoms with Gasteiger partial charge in [-0.05, 0) is 44.2 Å². The highest BCUT2D eigenvalue weighted by molar-refractivity contribution is 5.94. The molecule has 0 saturated heterocycles. The van der Waals surface area contributed by atoms with Crippen molar-refractivity contribution in [2.24, 2.45) is 0 Å². The molecule has 0 aliphatic heterocycles. The normalized spacial score (nSPS) is 10.9. The average Bonchev–Trinajstić information content (AvgIpc) is 3.28. The lowest BCUT2D eigenvalue weighted by Gasteiger charge is -2.08. The van der Waals surface area contributed by atoms with Gasteiger partial charge in [0.2, 0.25) is 0 Å². The van der Waals surface area contributed by atoms with E-state index in [1.165, 1.54) is 0 Å². The molecular formula is C20H19N5O3. The van der Waals surface area contributed by atoms with Crippen LogP contribution in [-0.4, -0.2) is 25.7 Å². The number of fused-ring (bicyclic) bond motifs is 1. The number of carbonyl (C=O) groups excluding carboxylic acids is 1. The molecule has 0 radical (unpaired) electrons. The van der Waals surface area contributed by atoms with Crippen LogP contribution < -0.4 is 10.1 Å². The van der Waals surface area contributed by atoms with Crippen molar-refractivity contribution in [1.29, 1.82) is 0 Å². The first-order chi connectivity index (χ1) is 13.6. The van der Waals surface area contributed by atoms with Crippen LogP contribution in [0.3, 0.4) is 0 Å². The van der Waals surface area contributed by atoms with Gasteiger partial charge in [0.25, 0.3) is 5.91 Å². The molecule has 4 rings (SSSR count). The maximum atomic E-state index is 12.5. The molecule has 1 N–H and O–H groups in total. The third-order valence-electron chi connectivity index (χ3n) is 4.45. The predicted octanol–water partition coefficient (Wildman–Crippen LogP) is 2.84. The molecule has 3 heterocycles.